The SMILES string of the molecule is CCOCC(C)n1cncc1C1(C)CCNCC1. The third-order valence-corrected chi connectivity index (χ3v) is 4.03. The third kappa shape index (κ3) is 2.75. The Kier molecular flexibility index (Phi) is 4.40. The maximum atomic E-state index is 5.53. The van der Waals surface area contributed by atoms with Crippen molar-refractivity contribution in [2.75, 3.05) is 26.3 Å². The standard InChI is InChI=1S/C14H25N3O/c1-4-18-10-12(2)17-11-16-9-13(17)14(3)5-7-15-8-6-14/h9,11-12,15H,4-8,10H2,1-3H3. The zero-order valence-electron chi connectivity index (χ0n) is 11.8. The number of hydrogen-bond acceptors (Lipinski definition) is 3. The highest BCUT2D eigenvalue weighted by molar-refractivity contribution is 5.16. The van der Waals surface area contributed by atoms with Crippen LogP contribution in [0.2, 0.25) is 0 Å². The van der Waals surface area contributed by atoms with Gasteiger partial charge in [-0.05, 0) is 39.8 Å². The van der Waals surface area contributed by atoms with E-state index in [2.05, 4.69) is 28.7 Å². The van der Waals surface area contributed by atoms with Gasteiger partial charge >= 0.3 is 0 Å². The zero-order valence-corrected chi connectivity index (χ0v) is 11.8. The molecule has 1 N–H and O–H groups in total. The van der Waals surface area contributed by atoms with Crippen molar-refractivity contribution in [1.82, 2.24) is 14.9 Å². The minimum absolute atomic E-state index is 0.252. The summed E-state index contributed by atoms with van der Waals surface area (Å²) in [6, 6.07) is 0.356. The van der Waals surface area contributed by atoms with Gasteiger partial charge in [-0.25, -0.2) is 4.98 Å². The second-order valence-electron chi connectivity index (χ2n) is 5.51. The van der Waals surface area contributed by atoms with E-state index in [0.29, 0.717) is 6.04 Å². The lowest BCUT2D eigenvalue weighted by molar-refractivity contribution is 0.116. The van der Waals surface area contributed by atoms with E-state index < -0.39 is 0 Å². The van der Waals surface area contributed by atoms with Gasteiger partial charge in [0.05, 0.1) is 19.0 Å². The molecule has 2 rings (SSSR count). The van der Waals surface area contributed by atoms with Crippen molar-refractivity contribution in [3.63, 3.8) is 0 Å². The first-order valence-corrected chi connectivity index (χ1v) is 6.98. The Morgan fingerprint density at radius 3 is 2.89 bits per heavy atom. The van der Waals surface area contributed by atoms with Crippen LogP contribution < -0.4 is 5.32 Å². The van der Waals surface area contributed by atoms with E-state index in [0.717, 1.165) is 26.3 Å². The molecule has 0 aliphatic carbocycles. The van der Waals surface area contributed by atoms with Crippen LogP contribution in [0, 0.1) is 0 Å². The molecule has 1 aliphatic rings. The van der Waals surface area contributed by atoms with E-state index >= 15 is 0 Å². The lowest BCUT2D eigenvalue weighted by Crippen LogP contribution is -2.39. The van der Waals surface area contributed by atoms with Gasteiger partial charge in [-0.3, -0.25) is 0 Å². The number of rotatable bonds is 5. The molecule has 0 saturated carbocycles. The van der Waals surface area contributed by atoms with Crippen LogP contribution in [0.1, 0.15) is 45.3 Å². The molecule has 0 amide bonds. The van der Waals surface area contributed by atoms with Crippen molar-refractivity contribution in [2.45, 2.75) is 45.1 Å². The highest BCUT2D eigenvalue weighted by Gasteiger charge is 2.32. The lowest BCUT2D eigenvalue weighted by atomic mass is 9.78. The zero-order chi connectivity index (χ0) is 13.0. The summed E-state index contributed by atoms with van der Waals surface area (Å²) in [7, 11) is 0. The van der Waals surface area contributed by atoms with Crippen LogP contribution in [0.15, 0.2) is 12.5 Å². The monoisotopic (exact) mass is 251 g/mol. The first-order valence-electron chi connectivity index (χ1n) is 6.98. The summed E-state index contributed by atoms with van der Waals surface area (Å²) < 4.78 is 7.83. The number of hydrogen-bond donors (Lipinski definition) is 1. The van der Waals surface area contributed by atoms with Gasteiger partial charge in [-0.2, -0.15) is 0 Å². The molecule has 1 aromatic heterocycles. The molecule has 1 atom stereocenters. The Morgan fingerprint density at radius 2 is 2.22 bits per heavy atom. The molecule has 1 aliphatic heterocycles. The molecule has 4 heteroatoms. The Hall–Kier alpha value is -0.870. The van der Waals surface area contributed by atoms with Crippen molar-refractivity contribution in [1.29, 1.82) is 0 Å². The van der Waals surface area contributed by atoms with Gasteiger partial charge in [0.25, 0.3) is 0 Å². The van der Waals surface area contributed by atoms with Gasteiger partial charge in [-0.1, -0.05) is 6.92 Å². The van der Waals surface area contributed by atoms with Gasteiger partial charge in [0.2, 0.25) is 0 Å². The van der Waals surface area contributed by atoms with Gasteiger partial charge < -0.3 is 14.6 Å². The quantitative estimate of drug-likeness (QED) is 0.871. The van der Waals surface area contributed by atoms with E-state index in [1.165, 1.54) is 18.5 Å². The summed E-state index contributed by atoms with van der Waals surface area (Å²) in [5.41, 5.74) is 1.61. The van der Waals surface area contributed by atoms with Gasteiger partial charge in [0.15, 0.2) is 0 Å². The number of ether oxygens (including phenoxy) is 1. The molecule has 1 aromatic rings. The van der Waals surface area contributed by atoms with Crippen molar-refractivity contribution in [3.05, 3.63) is 18.2 Å². The molecule has 0 aromatic carbocycles. The van der Waals surface area contributed by atoms with E-state index in [9.17, 15) is 0 Å². The molecule has 1 fully saturated rings. The van der Waals surface area contributed by atoms with Crippen molar-refractivity contribution >= 4 is 0 Å². The van der Waals surface area contributed by atoms with E-state index in [4.69, 9.17) is 4.74 Å². The molecule has 4 nitrogen and oxygen atoms in total. The van der Waals surface area contributed by atoms with Crippen LogP contribution in [0.5, 0.6) is 0 Å². The normalized spacial score (nSPS) is 20.8. The molecular formula is C14H25N3O. The molecule has 1 saturated heterocycles. The van der Waals surface area contributed by atoms with Gasteiger partial charge in [-0.15, -0.1) is 0 Å². The maximum Gasteiger partial charge on any atom is 0.0951 e. The topological polar surface area (TPSA) is 39.1 Å². The fourth-order valence-electron chi connectivity index (χ4n) is 2.73. The van der Waals surface area contributed by atoms with E-state index in [1.807, 2.05) is 19.4 Å². The van der Waals surface area contributed by atoms with Crippen LogP contribution in [-0.2, 0) is 10.2 Å². The van der Waals surface area contributed by atoms with Crippen molar-refractivity contribution < 1.29 is 4.74 Å². The first kappa shape index (κ1) is 13.6. The Labute approximate surface area is 110 Å². The first-order chi connectivity index (χ1) is 8.67. The van der Waals surface area contributed by atoms with Gasteiger partial charge in [0.1, 0.15) is 0 Å². The third-order valence-electron chi connectivity index (χ3n) is 4.03. The minimum atomic E-state index is 0.252. The highest BCUT2D eigenvalue weighted by Crippen LogP contribution is 2.33. The van der Waals surface area contributed by atoms with Gasteiger partial charge in [0, 0.05) is 23.9 Å². The number of nitrogens with one attached hydrogen (secondary N) is 1. The van der Waals surface area contributed by atoms with Crippen LogP contribution in [-0.4, -0.2) is 35.9 Å². The summed E-state index contributed by atoms with van der Waals surface area (Å²) in [6.45, 7) is 10.3. The van der Waals surface area contributed by atoms with E-state index in [-0.39, 0.29) is 5.41 Å². The minimum Gasteiger partial charge on any atom is -0.380 e. The molecule has 0 radical (unpaired) electrons. The molecule has 18 heavy (non-hydrogen) atoms. The lowest BCUT2D eigenvalue weighted by Gasteiger charge is -2.35. The molecule has 2 heterocycles. The molecule has 1 unspecified atom stereocenters. The van der Waals surface area contributed by atoms with Crippen LogP contribution >= 0.6 is 0 Å². The Balaban J connectivity index is 2.15. The largest absolute Gasteiger partial charge is 0.380 e. The van der Waals surface area contributed by atoms with Crippen LogP contribution in [0.3, 0.4) is 0 Å². The maximum absolute atomic E-state index is 5.53. The predicted octanol–water partition coefficient (Wildman–Crippen LogP) is 2.12. The average Bonchev–Trinajstić information content (AvgIpc) is 2.87. The Bertz CT molecular complexity index is 369. The average molecular weight is 251 g/mol. The number of nitrogens with zero attached hydrogens (tertiary/aromatic N) is 2. The highest BCUT2D eigenvalue weighted by atomic mass is 16.5. The Morgan fingerprint density at radius 1 is 1.50 bits per heavy atom. The smallest absolute Gasteiger partial charge is 0.0951 e. The summed E-state index contributed by atoms with van der Waals surface area (Å²) >= 11 is 0. The molecule has 0 bridgehead atoms. The van der Waals surface area contributed by atoms with Crippen LogP contribution in [0.4, 0.5) is 0 Å². The van der Waals surface area contributed by atoms with Crippen molar-refractivity contribution in [2.24, 2.45) is 0 Å². The summed E-state index contributed by atoms with van der Waals surface area (Å²) in [6.07, 6.45) is 6.35. The predicted molar refractivity (Wildman–Crippen MR) is 72.9 cm³/mol. The summed E-state index contributed by atoms with van der Waals surface area (Å²) in [5, 5.41) is 3.43. The fourth-order valence-corrected chi connectivity index (χ4v) is 2.73. The summed E-state index contributed by atoms with van der Waals surface area (Å²) in [4.78, 5) is 4.36. The fraction of sp³-hybridized carbons (Fsp3) is 0.786. The second kappa shape index (κ2) is 5.85. The van der Waals surface area contributed by atoms with Crippen LogP contribution in [0.25, 0.3) is 0 Å². The number of imidazole rings is 1. The molecule has 102 valence electrons. The van der Waals surface area contributed by atoms with Crippen molar-refractivity contribution in [3.8, 4) is 0 Å². The number of piperidine rings is 1. The summed E-state index contributed by atoms with van der Waals surface area (Å²) in [5.74, 6) is 0. The molecule has 0 spiro atoms. The molecular weight excluding hydrogens is 226 g/mol. The number of aromatic nitrogens is 2. The second-order valence-corrected chi connectivity index (χ2v) is 5.51. The van der Waals surface area contributed by atoms with E-state index in [1.54, 1.807) is 0 Å².